The van der Waals surface area contributed by atoms with E-state index in [4.69, 9.17) is 4.74 Å². The number of nitrogens with zero attached hydrogens (tertiary/aromatic N) is 3. The molecule has 2 aliphatic heterocycles. The van der Waals surface area contributed by atoms with Crippen molar-refractivity contribution in [2.45, 2.75) is 70.7 Å². The number of hydrogen-bond acceptors (Lipinski definition) is 4. The van der Waals surface area contributed by atoms with Crippen molar-refractivity contribution < 1.29 is 14.3 Å². The van der Waals surface area contributed by atoms with Crippen molar-refractivity contribution in [3.63, 3.8) is 0 Å². The molecule has 33 heavy (non-hydrogen) atoms. The van der Waals surface area contributed by atoms with Crippen LogP contribution in [0.5, 0.6) is 0 Å². The Balaban J connectivity index is 1.15. The predicted octanol–water partition coefficient (Wildman–Crippen LogP) is 3.70. The summed E-state index contributed by atoms with van der Waals surface area (Å²) < 4.78 is 8.11. The minimum absolute atomic E-state index is 0.000671. The number of carbonyl (C=O) groups is 2. The number of fused-ring (bicyclic) bond motifs is 1. The van der Waals surface area contributed by atoms with Gasteiger partial charge in [-0.3, -0.25) is 9.59 Å². The summed E-state index contributed by atoms with van der Waals surface area (Å²) in [5.74, 6) is 0.891. The fourth-order valence-electron chi connectivity index (χ4n) is 5.39. The monoisotopic (exact) mass is 450 g/mol. The quantitative estimate of drug-likeness (QED) is 0.771. The molecule has 0 spiro atoms. The number of aromatic nitrogens is 2. The lowest BCUT2D eigenvalue weighted by atomic mass is 9.86. The molecule has 1 atom stereocenters. The average Bonchev–Trinajstić information content (AvgIpc) is 3.29. The maximum absolute atomic E-state index is 13.2. The summed E-state index contributed by atoms with van der Waals surface area (Å²) in [6.45, 7) is 4.51. The van der Waals surface area contributed by atoms with Gasteiger partial charge in [-0.15, -0.1) is 0 Å². The highest BCUT2D eigenvalue weighted by Gasteiger charge is 2.33. The lowest BCUT2D eigenvalue weighted by Gasteiger charge is -2.33. The minimum atomic E-state index is -0.0503. The Bertz CT molecular complexity index is 973. The van der Waals surface area contributed by atoms with Crippen molar-refractivity contribution in [2.75, 3.05) is 13.1 Å². The first-order chi connectivity index (χ1) is 16.1. The molecule has 5 rings (SSSR count). The molecule has 2 amide bonds. The molecule has 0 bridgehead atoms. The van der Waals surface area contributed by atoms with Gasteiger partial charge in [0.05, 0.1) is 25.2 Å². The molecule has 1 saturated heterocycles. The molecule has 1 N–H and O–H groups in total. The Morgan fingerprint density at radius 3 is 2.48 bits per heavy atom. The van der Waals surface area contributed by atoms with Crippen LogP contribution in [-0.4, -0.2) is 45.4 Å². The van der Waals surface area contributed by atoms with Gasteiger partial charge in [0.15, 0.2) is 5.69 Å². The van der Waals surface area contributed by atoms with Gasteiger partial charge >= 0.3 is 0 Å². The first kappa shape index (κ1) is 22.1. The highest BCUT2D eigenvalue weighted by molar-refractivity contribution is 5.93. The van der Waals surface area contributed by atoms with Crippen molar-refractivity contribution in [2.24, 2.45) is 11.8 Å². The van der Waals surface area contributed by atoms with Gasteiger partial charge in [-0.25, -0.2) is 4.98 Å². The summed E-state index contributed by atoms with van der Waals surface area (Å²) >= 11 is 0. The molecular formula is C26H34N4O3. The van der Waals surface area contributed by atoms with Crippen molar-refractivity contribution in [3.05, 3.63) is 53.6 Å². The van der Waals surface area contributed by atoms with Crippen LogP contribution in [0.25, 0.3) is 0 Å². The van der Waals surface area contributed by atoms with Gasteiger partial charge in [-0.1, -0.05) is 37.3 Å². The van der Waals surface area contributed by atoms with E-state index in [-0.39, 0.29) is 23.8 Å². The fraction of sp³-hybridized carbons (Fsp3) is 0.577. The first-order valence-corrected chi connectivity index (χ1v) is 12.4. The van der Waals surface area contributed by atoms with Crippen LogP contribution in [0.3, 0.4) is 0 Å². The molecule has 0 radical (unpaired) electrons. The number of piperidine rings is 1. The zero-order chi connectivity index (χ0) is 22.8. The second-order valence-corrected chi connectivity index (χ2v) is 9.93. The normalized spacial score (nSPS) is 26.0. The highest BCUT2D eigenvalue weighted by Crippen LogP contribution is 2.29. The van der Waals surface area contributed by atoms with Crippen molar-refractivity contribution in [3.8, 4) is 0 Å². The van der Waals surface area contributed by atoms with Crippen LogP contribution in [0.1, 0.15) is 73.3 Å². The molecule has 1 unspecified atom stereocenters. The lowest BCUT2D eigenvalue weighted by molar-refractivity contribution is -0.127. The van der Waals surface area contributed by atoms with E-state index in [1.165, 1.54) is 12.8 Å². The molecule has 3 heterocycles. The summed E-state index contributed by atoms with van der Waals surface area (Å²) in [7, 11) is 0. The molecule has 1 saturated carbocycles. The third-order valence-electron chi connectivity index (χ3n) is 7.62. The summed E-state index contributed by atoms with van der Waals surface area (Å²) in [6.07, 6.45) is 7.72. The molecule has 7 heteroatoms. The number of imidazole rings is 1. The van der Waals surface area contributed by atoms with Crippen LogP contribution >= 0.6 is 0 Å². The van der Waals surface area contributed by atoms with Crippen molar-refractivity contribution >= 4 is 11.8 Å². The SMILES string of the molecule is CC1CCC(NC(=O)C2CCN(C(=O)c3ncn4c3COC(c3ccccc3)C4)CC2)CC1. The molecule has 3 aliphatic rings. The Morgan fingerprint density at radius 1 is 1.03 bits per heavy atom. The van der Waals surface area contributed by atoms with E-state index < -0.39 is 0 Å². The van der Waals surface area contributed by atoms with Crippen LogP contribution in [-0.2, 0) is 22.7 Å². The number of ether oxygens (including phenoxy) is 1. The predicted molar refractivity (Wildman–Crippen MR) is 124 cm³/mol. The molecule has 2 fully saturated rings. The molecule has 2 aromatic rings. The Labute approximate surface area is 195 Å². The third-order valence-corrected chi connectivity index (χ3v) is 7.62. The standard InChI is InChI=1S/C26H34N4O3/c1-18-7-9-21(10-8-18)28-25(31)20-11-13-29(14-12-20)26(32)24-22-16-33-23(15-30(22)17-27-24)19-5-3-2-4-6-19/h2-6,17-18,20-21,23H,7-16H2,1H3,(H,28,31). The fourth-order valence-corrected chi connectivity index (χ4v) is 5.39. The van der Waals surface area contributed by atoms with E-state index >= 15 is 0 Å². The number of amides is 2. The summed E-state index contributed by atoms with van der Waals surface area (Å²) in [5, 5.41) is 3.26. The highest BCUT2D eigenvalue weighted by atomic mass is 16.5. The first-order valence-electron chi connectivity index (χ1n) is 12.4. The summed E-state index contributed by atoms with van der Waals surface area (Å²) in [4.78, 5) is 32.2. The smallest absolute Gasteiger partial charge is 0.274 e. The molecule has 1 aliphatic carbocycles. The minimum Gasteiger partial charge on any atom is -0.365 e. The van der Waals surface area contributed by atoms with Gasteiger partial charge in [0, 0.05) is 25.0 Å². The van der Waals surface area contributed by atoms with E-state index in [1.54, 1.807) is 6.33 Å². The van der Waals surface area contributed by atoms with Gasteiger partial charge in [-0.05, 0) is 50.0 Å². The van der Waals surface area contributed by atoms with E-state index in [1.807, 2.05) is 27.7 Å². The molecule has 1 aromatic heterocycles. The summed E-state index contributed by atoms with van der Waals surface area (Å²) in [6, 6.07) is 10.5. The van der Waals surface area contributed by atoms with Crippen LogP contribution in [0.2, 0.25) is 0 Å². The molecular weight excluding hydrogens is 416 g/mol. The maximum Gasteiger partial charge on any atom is 0.274 e. The topological polar surface area (TPSA) is 76.5 Å². The maximum atomic E-state index is 13.2. The zero-order valence-electron chi connectivity index (χ0n) is 19.4. The second-order valence-electron chi connectivity index (χ2n) is 9.93. The van der Waals surface area contributed by atoms with E-state index in [0.717, 1.165) is 30.0 Å². The van der Waals surface area contributed by atoms with Gasteiger partial charge in [0.25, 0.3) is 5.91 Å². The molecule has 176 valence electrons. The van der Waals surface area contributed by atoms with Gasteiger partial charge in [0.2, 0.25) is 5.91 Å². The zero-order valence-corrected chi connectivity index (χ0v) is 19.4. The lowest BCUT2D eigenvalue weighted by Crippen LogP contribution is -2.46. The number of nitrogens with one attached hydrogen (secondary N) is 1. The Hall–Kier alpha value is -2.67. The Kier molecular flexibility index (Phi) is 6.49. The number of carbonyl (C=O) groups excluding carboxylic acids is 2. The van der Waals surface area contributed by atoms with Crippen molar-refractivity contribution in [1.29, 1.82) is 0 Å². The van der Waals surface area contributed by atoms with Crippen LogP contribution in [0.4, 0.5) is 0 Å². The van der Waals surface area contributed by atoms with Crippen LogP contribution < -0.4 is 5.32 Å². The second kappa shape index (κ2) is 9.67. The average molecular weight is 451 g/mol. The van der Waals surface area contributed by atoms with Gasteiger partial charge in [0.1, 0.15) is 6.10 Å². The number of rotatable bonds is 4. The van der Waals surface area contributed by atoms with Crippen molar-refractivity contribution in [1.82, 2.24) is 19.8 Å². The van der Waals surface area contributed by atoms with E-state index in [0.29, 0.717) is 50.8 Å². The third kappa shape index (κ3) is 4.83. The number of benzene rings is 1. The largest absolute Gasteiger partial charge is 0.365 e. The van der Waals surface area contributed by atoms with Gasteiger partial charge < -0.3 is 19.5 Å². The van der Waals surface area contributed by atoms with E-state index in [2.05, 4.69) is 29.4 Å². The number of hydrogen-bond donors (Lipinski definition) is 1. The number of likely N-dealkylation sites (tertiary alicyclic amines) is 1. The van der Waals surface area contributed by atoms with Gasteiger partial charge in [-0.2, -0.15) is 0 Å². The van der Waals surface area contributed by atoms with Crippen LogP contribution in [0, 0.1) is 11.8 Å². The Morgan fingerprint density at radius 2 is 1.76 bits per heavy atom. The van der Waals surface area contributed by atoms with Crippen LogP contribution in [0.15, 0.2) is 36.7 Å². The molecule has 1 aromatic carbocycles. The van der Waals surface area contributed by atoms with E-state index in [9.17, 15) is 9.59 Å². The molecule has 7 nitrogen and oxygen atoms in total. The summed E-state index contributed by atoms with van der Waals surface area (Å²) in [5.41, 5.74) is 2.46.